The van der Waals surface area contributed by atoms with Gasteiger partial charge in [0.15, 0.2) is 11.4 Å². The molecule has 1 amide bonds. The third-order valence-corrected chi connectivity index (χ3v) is 7.51. The average Bonchev–Trinajstić information content (AvgIpc) is 3.19. The van der Waals surface area contributed by atoms with Crippen molar-refractivity contribution in [2.75, 3.05) is 26.8 Å². The highest BCUT2D eigenvalue weighted by molar-refractivity contribution is 9.07. The van der Waals surface area contributed by atoms with Crippen LogP contribution in [0.4, 0.5) is 0 Å². The van der Waals surface area contributed by atoms with E-state index < -0.39 is 0 Å². The average molecular weight is 557 g/mol. The van der Waals surface area contributed by atoms with E-state index in [0.717, 1.165) is 61.8 Å². The molecule has 194 valence electrons. The van der Waals surface area contributed by atoms with Crippen molar-refractivity contribution in [3.05, 3.63) is 65.9 Å². The number of benzene rings is 2. The molecule has 2 aromatic carbocycles. The molecule has 0 saturated carbocycles. The maximum atomic E-state index is 14.5. The zero-order valence-corrected chi connectivity index (χ0v) is 23.2. The van der Waals surface area contributed by atoms with Gasteiger partial charge in [0.1, 0.15) is 6.61 Å². The lowest BCUT2D eigenvalue weighted by atomic mass is 10.0. The largest absolute Gasteiger partial charge is 0.486 e. The van der Waals surface area contributed by atoms with Gasteiger partial charge in [-0.2, -0.15) is 0 Å². The molecule has 1 aliphatic rings. The minimum atomic E-state index is 0.0452. The smallest absolute Gasteiger partial charge is 0.274 e. The van der Waals surface area contributed by atoms with Crippen molar-refractivity contribution in [1.29, 1.82) is 0 Å². The molecule has 0 radical (unpaired) electrons. The fourth-order valence-corrected chi connectivity index (χ4v) is 5.77. The number of aryl methyl sites for hydroxylation is 1. The molecule has 0 unspecified atom stereocenters. The molecular formula is C29H38BrN3O3. The highest BCUT2D eigenvalue weighted by Crippen LogP contribution is 2.36. The molecule has 1 saturated heterocycles. The Hall–Kier alpha value is -2.35. The molecule has 1 atom stereocenters. The number of unbranched alkanes of at least 4 members (excludes halogenated alkanes) is 1. The molecule has 1 aromatic heterocycles. The summed E-state index contributed by atoms with van der Waals surface area (Å²) in [5, 5.41) is 0.984. The van der Waals surface area contributed by atoms with Crippen LogP contribution in [-0.2, 0) is 17.9 Å². The number of fused-ring (bicyclic) bond motifs is 1. The monoisotopic (exact) mass is 555 g/mol. The van der Waals surface area contributed by atoms with Crippen molar-refractivity contribution in [2.24, 2.45) is 0 Å². The highest BCUT2D eigenvalue weighted by atomic mass is 79.9. The third-order valence-electron chi connectivity index (χ3n) is 6.86. The molecule has 0 N–H and O–H groups in total. The van der Waals surface area contributed by atoms with Crippen LogP contribution in [-0.4, -0.2) is 58.2 Å². The number of para-hydroxylation sites is 1. The Labute approximate surface area is 223 Å². The van der Waals surface area contributed by atoms with Crippen LogP contribution in [0.3, 0.4) is 0 Å². The normalized spacial score (nSPS) is 16.5. The van der Waals surface area contributed by atoms with E-state index in [1.807, 2.05) is 30.3 Å². The lowest BCUT2D eigenvalue weighted by Crippen LogP contribution is -2.51. The summed E-state index contributed by atoms with van der Waals surface area (Å²) < 4.78 is 16.1. The van der Waals surface area contributed by atoms with E-state index in [0.29, 0.717) is 24.7 Å². The molecule has 0 spiro atoms. The van der Waals surface area contributed by atoms with Crippen LogP contribution >= 0.6 is 16.1 Å². The van der Waals surface area contributed by atoms with E-state index >= 15 is 0 Å². The number of hydrogen-bond acceptors (Lipinski definition) is 4. The van der Waals surface area contributed by atoms with Gasteiger partial charge in [0.25, 0.3) is 5.91 Å². The van der Waals surface area contributed by atoms with Crippen molar-refractivity contribution in [2.45, 2.75) is 64.8 Å². The second-order valence-corrected chi connectivity index (χ2v) is 10.8. The minimum Gasteiger partial charge on any atom is -0.486 e. The number of carbonyl (C=O) groups excluding carboxylic acids is 1. The predicted octanol–water partition coefficient (Wildman–Crippen LogP) is 6.27. The van der Waals surface area contributed by atoms with Gasteiger partial charge in [-0.1, -0.05) is 42.5 Å². The second-order valence-electron chi connectivity index (χ2n) is 9.79. The Morgan fingerprint density at radius 2 is 1.86 bits per heavy atom. The Bertz CT molecular complexity index is 1130. The van der Waals surface area contributed by atoms with Crippen molar-refractivity contribution < 1.29 is 14.3 Å². The van der Waals surface area contributed by atoms with Crippen LogP contribution in [0.5, 0.6) is 5.75 Å². The number of hydrogen-bond donors (Lipinski definition) is 0. The van der Waals surface area contributed by atoms with Gasteiger partial charge < -0.3 is 18.9 Å². The minimum absolute atomic E-state index is 0.0452. The number of aromatic nitrogens is 1. The molecular weight excluding hydrogens is 518 g/mol. The standard InChI is InChI=1S/C29H38BrN3O3/c1-22(2)33(24-14-11-17-31(30)20-24)29(34)27-28(36-21-23-12-5-4-6-13-23)25-15-7-8-16-26(25)32(27)18-9-10-19-35-3/h4-8,12-13,15-16,22,24H,9-11,14,17-21H2,1-3H3/t24-/m1/s1. The fraction of sp³-hybridized carbons (Fsp3) is 0.483. The van der Waals surface area contributed by atoms with Gasteiger partial charge in [-0.3, -0.25) is 4.79 Å². The number of amides is 1. The van der Waals surface area contributed by atoms with Gasteiger partial charge in [-0.05, 0) is 57.2 Å². The van der Waals surface area contributed by atoms with Crippen LogP contribution in [0.25, 0.3) is 10.9 Å². The fourth-order valence-electron chi connectivity index (χ4n) is 5.19. The van der Waals surface area contributed by atoms with Crippen LogP contribution in [0.1, 0.15) is 55.6 Å². The summed E-state index contributed by atoms with van der Waals surface area (Å²) >= 11 is 3.66. The Morgan fingerprint density at radius 1 is 1.11 bits per heavy atom. The van der Waals surface area contributed by atoms with Gasteiger partial charge in [0.05, 0.1) is 5.52 Å². The molecule has 1 aliphatic heterocycles. The molecule has 0 aliphatic carbocycles. The summed E-state index contributed by atoms with van der Waals surface area (Å²) in [5.74, 6) is 0.729. The molecule has 3 aromatic rings. The summed E-state index contributed by atoms with van der Waals surface area (Å²) in [6.45, 7) is 7.91. The number of halogens is 1. The van der Waals surface area contributed by atoms with E-state index in [1.165, 1.54) is 0 Å². The summed E-state index contributed by atoms with van der Waals surface area (Å²) in [7, 11) is 1.73. The molecule has 6 nitrogen and oxygen atoms in total. The van der Waals surface area contributed by atoms with Gasteiger partial charge in [-0.25, -0.2) is 3.93 Å². The Morgan fingerprint density at radius 3 is 2.58 bits per heavy atom. The predicted molar refractivity (Wildman–Crippen MR) is 149 cm³/mol. The lowest BCUT2D eigenvalue weighted by molar-refractivity contribution is 0.0522. The van der Waals surface area contributed by atoms with E-state index in [-0.39, 0.29) is 18.0 Å². The zero-order chi connectivity index (χ0) is 25.5. The van der Waals surface area contributed by atoms with Gasteiger partial charge >= 0.3 is 0 Å². The molecule has 1 fully saturated rings. The van der Waals surface area contributed by atoms with Crippen LogP contribution < -0.4 is 4.74 Å². The topological polar surface area (TPSA) is 46.9 Å². The quantitative estimate of drug-likeness (QED) is 0.206. The summed E-state index contributed by atoms with van der Waals surface area (Å²) in [5.41, 5.74) is 2.77. The summed E-state index contributed by atoms with van der Waals surface area (Å²) in [6, 6.07) is 18.6. The van der Waals surface area contributed by atoms with Gasteiger partial charge in [0, 0.05) is 67.0 Å². The van der Waals surface area contributed by atoms with Crippen LogP contribution in [0, 0.1) is 0 Å². The number of carbonyl (C=O) groups is 1. The van der Waals surface area contributed by atoms with Crippen LogP contribution in [0.2, 0.25) is 0 Å². The van der Waals surface area contributed by atoms with Crippen molar-refractivity contribution >= 4 is 33.0 Å². The van der Waals surface area contributed by atoms with Crippen molar-refractivity contribution in [3.63, 3.8) is 0 Å². The molecule has 2 heterocycles. The zero-order valence-electron chi connectivity index (χ0n) is 21.7. The first kappa shape index (κ1) is 26.7. The molecule has 7 heteroatoms. The van der Waals surface area contributed by atoms with Gasteiger partial charge in [-0.15, -0.1) is 0 Å². The molecule has 4 rings (SSSR count). The number of piperidine rings is 1. The molecule has 0 bridgehead atoms. The Balaban J connectivity index is 1.77. The highest BCUT2D eigenvalue weighted by Gasteiger charge is 2.35. The number of rotatable bonds is 11. The number of ether oxygens (including phenoxy) is 2. The number of methoxy groups -OCH3 is 1. The third kappa shape index (κ3) is 6.13. The Kier molecular flexibility index (Phi) is 9.46. The summed E-state index contributed by atoms with van der Waals surface area (Å²) in [4.78, 5) is 16.5. The first-order valence-corrected chi connectivity index (χ1v) is 13.7. The summed E-state index contributed by atoms with van der Waals surface area (Å²) in [6.07, 6.45) is 3.92. The van der Waals surface area contributed by atoms with E-state index in [1.54, 1.807) is 7.11 Å². The maximum absolute atomic E-state index is 14.5. The van der Waals surface area contributed by atoms with Gasteiger partial charge in [0.2, 0.25) is 0 Å². The lowest BCUT2D eigenvalue weighted by Gasteiger charge is -2.39. The van der Waals surface area contributed by atoms with Crippen molar-refractivity contribution in [3.8, 4) is 5.75 Å². The first-order valence-electron chi connectivity index (χ1n) is 13.0. The first-order chi connectivity index (χ1) is 17.5. The van der Waals surface area contributed by atoms with E-state index in [2.05, 4.69) is 67.7 Å². The van der Waals surface area contributed by atoms with Crippen LogP contribution in [0.15, 0.2) is 54.6 Å². The van der Waals surface area contributed by atoms with E-state index in [9.17, 15) is 4.79 Å². The maximum Gasteiger partial charge on any atom is 0.274 e. The number of nitrogens with zero attached hydrogens (tertiary/aromatic N) is 3. The molecule has 36 heavy (non-hydrogen) atoms. The second kappa shape index (κ2) is 12.7. The van der Waals surface area contributed by atoms with Crippen molar-refractivity contribution in [1.82, 2.24) is 13.4 Å². The SMILES string of the molecule is COCCCCn1c(C(=O)N(C(C)C)[C@@H]2CCCN(Br)C2)c(OCc2ccccc2)c2ccccc21. The van der Waals surface area contributed by atoms with E-state index in [4.69, 9.17) is 9.47 Å².